The van der Waals surface area contributed by atoms with Crippen molar-refractivity contribution in [2.45, 2.75) is 17.6 Å². The van der Waals surface area contributed by atoms with Gasteiger partial charge in [0, 0.05) is 18.5 Å². The molecule has 184 valence electrons. The Hall–Kier alpha value is -2.64. The van der Waals surface area contributed by atoms with Crippen LogP contribution in [0, 0.1) is 0 Å². The topological polar surface area (TPSA) is 97.3 Å². The Kier molecular flexibility index (Phi) is 7.58. The molecule has 0 unspecified atom stereocenters. The molecule has 34 heavy (non-hydrogen) atoms. The molecule has 0 bridgehead atoms. The zero-order valence-electron chi connectivity index (χ0n) is 18.5. The SMILES string of the molecule is CN(C)CCOC(=O)Cn1nc(C(F)(F)F)c(Br)c1-c1ccc(-c2cccc(S(C)(=O)=O)c2)[nH]1. The number of carbonyl (C=O) groups excluding carboxylic acids is 1. The highest BCUT2D eigenvalue weighted by atomic mass is 79.9. The molecule has 2 heterocycles. The summed E-state index contributed by atoms with van der Waals surface area (Å²) in [5.41, 5.74) is 0.0645. The van der Waals surface area contributed by atoms with Gasteiger partial charge in [0.05, 0.1) is 20.8 Å². The van der Waals surface area contributed by atoms with Gasteiger partial charge in [-0.15, -0.1) is 0 Å². The van der Waals surface area contributed by atoms with Crippen LogP contribution in [0.2, 0.25) is 0 Å². The molecule has 3 aromatic rings. The number of hydrogen-bond acceptors (Lipinski definition) is 6. The second-order valence-corrected chi connectivity index (χ2v) is 10.6. The van der Waals surface area contributed by atoms with E-state index in [2.05, 4.69) is 26.0 Å². The summed E-state index contributed by atoms with van der Waals surface area (Å²) in [7, 11) is 0.138. The van der Waals surface area contributed by atoms with Gasteiger partial charge < -0.3 is 14.6 Å². The van der Waals surface area contributed by atoms with Gasteiger partial charge >= 0.3 is 12.1 Å². The lowest BCUT2D eigenvalue weighted by Gasteiger charge is -2.11. The van der Waals surface area contributed by atoms with Crippen molar-refractivity contribution in [3.8, 4) is 22.6 Å². The largest absolute Gasteiger partial charge is 0.463 e. The zero-order valence-corrected chi connectivity index (χ0v) is 20.9. The van der Waals surface area contributed by atoms with Crippen LogP contribution in [0.25, 0.3) is 22.6 Å². The van der Waals surface area contributed by atoms with E-state index >= 15 is 0 Å². The summed E-state index contributed by atoms with van der Waals surface area (Å²) < 4.78 is 70.0. The van der Waals surface area contributed by atoms with E-state index in [0.717, 1.165) is 10.9 Å². The number of hydrogen-bond donors (Lipinski definition) is 1. The van der Waals surface area contributed by atoms with Crippen molar-refractivity contribution in [3.63, 3.8) is 0 Å². The number of nitrogens with one attached hydrogen (secondary N) is 1. The number of rotatable bonds is 8. The van der Waals surface area contributed by atoms with Crippen molar-refractivity contribution in [2.75, 3.05) is 33.5 Å². The second kappa shape index (κ2) is 9.92. The normalized spacial score (nSPS) is 12.4. The van der Waals surface area contributed by atoms with Crippen LogP contribution >= 0.6 is 15.9 Å². The number of halogens is 4. The Morgan fingerprint density at radius 3 is 2.50 bits per heavy atom. The van der Waals surface area contributed by atoms with Crippen LogP contribution in [0.15, 0.2) is 45.8 Å². The number of alkyl halides is 3. The first kappa shape index (κ1) is 26.0. The predicted molar refractivity (Wildman–Crippen MR) is 123 cm³/mol. The fraction of sp³-hybridized carbons (Fsp3) is 0.333. The summed E-state index contributed by atoms with van der Waals surface area (Å²) in [4.78, 5) is 17.1. The van der Waals surface area contributed by atoms with Crippen molar-refractivity contribution < 1.29 is 31.1 Å². The maximum atomic E-state index is 13.5. The Bertz CT molecular complexity index is 1300. The Labute approximate surface area is 202 Å². The smallest absolute Gasteiger partial charge is 0.436 e. The number of esters is 1. The molecule has 13 heteroatoms. The summed E-state index contributed by atoms with van der Waals surface area (Å²) in [6, 6.07) is 9.27. The number of ether oxygens (including phenoxy) is 1. The van der Waals surface area contributed by atoms with Crippen molar-refractivity contribution in [2.24, 2.45) is 0 Å². The van der Waals surface area contributed by atoms with Gasteiger partial charge in [0.2, 0.25) is 0 Å². The van der Waals surface area contributed by atoms with E-state index in [1.54, 1.807) is 37.2 Å². The molecule has 1 N–H and O–H groups in total. The molecule has 0 fully saturated rings. The molecular formula is C21H22BrF3N4O4S. The molecule has 3 rings (SSSR count). The number of aromatic nitrogens is 3. The highest BCUT2D eigenvalue weighted by Gasteiger charge is 2.39. The lowest BCUT2D eigenvalue weighted by Crippen LogP contribution is -2.22. The third-order valence-electron chi connectivity index (χ3n) is 4.76. The lowest BCUT2D eigenvalue weighted by atomic mass is 10.2. The summed E-state index contributed by atoms with van der Waals surface area (Å²) in [6.07, 6.45) is -3.68. The van der Waals surface area contributed by atoms with Gasteiger partial charge in [0.25, 0.3) is 0 Å². The first-order valence-corrected chi connectivity index (χ1v) is 12.6. The number of likely N-dealkylation sites (N-methyl/N-ethyl adjacent to an activating group) is 1. The molecule has 0 aliphatic rings. The van der Waals surface area contributed by atoms with E-state index in [0.29, 0.717) is 17.8 Å². The fourth-order valence-electron chi connectivity index (χ4n) is 3.10. The van der Waals surface area contributed by atoms with Gasteiger partial charge in [-0.05, 0) is 59.9 Å². The Morgan fingerprint density at radius 1 is 1.21 bits per heavy atom. The van der Waals surface area contributed by atoms with E-state index in [1.165, 1.54) is 18.2 Å². The Balaban J connectivity index is 1.99. The molecule has 0 radical (unpaired) electrons. The highest BCUT2D eigenvalue weighted by molar-refractivity contribution is 9.10. The van der Waals surface area contributed by atoms with E-state index in [9.17, 15) is 26.4 Å². The quantitative estimate of drug-likeness (QED) is 0.419. The van der Waals surface area contributed by atoms with Gasteiger partial charge in [0.15, 0.2) is 15.5 Å². The predicted octanol–water partition coefficient (Wildman–Crippen LogP) is 3.83. The molecule has 8 nitrogen and oxygen atoms in total. The van der Waals surface area contributed by atoms with Crippen LogP contribution in [-0.2, 0) is 32.1 Å². The van der Waals surface area contributed by atoms with E-state index in [1.807, 2.05) is 0 Å². The number of sulfone groups is 1. The molecule has 0 aliphatic heterocycles. The minimum absolute atomic E-state index is 0.00222. The highest BCUT2D eigenvalue weighted by Crippen LogP contribution is 2.40. The van der Waals surface area contributed by atoms with Gasteiger partial charge in [-0.1, -0.05) is 12.1 Å². The van der Waals surface area contributed by atoms with Crippen LogP contribution in [0.5, 0.6) is 0 Å². The molecule has 2 aromatic heterocycles. The van der Waals surface area contributed by atoms with E-state index in [-0.39, 0.29) is 27.4 Å². The maximum absolute atomic E-state index is 13.5. The van der Waals surface area contributed by atoms with Crippen LogP contribution < -0.4 is 0 Å². The molecular weight excluding hydrogens is 541 g/mol. The molecule has 0 saturated heterocycles. The summed E-state index contributed by atoms with van der Waals surface area (Å²) in [5, 5.41) is 3.60. The van der Waals surface area contributed by atoms with Crippen LogP contribution in [0.3, 0.4) is 0 Å². The average molecular weight is 563 g/mol. The van der Waals surface area contributed by atoms with Gasteiger partial charge in [0.1, 0.15) is 13.2 Å². The minimum Gasteiger partial charge on any atom is -0.463 e. The van der Waals surface area contributed by atoms with Crippen molar-refractivity contribution in [1.82, 2.24) is 19.7 Å². The minimum atomic E-state index is -4.76. The van der Waals surface area contributed by atoms with E-state index in [4.69, 9.17) is 4.74 Å². The van der Waals surface area contributed by atoms with Crippen molar-refractivity contribution in [3.05, 3.63) is 46.6 Å². The first-order valence-electron chi connectivity index (χ1n) is 9.91. The third kappa shape index (κ3) is 6.07. The van der Waals surface area contributed by atoms with Gasteiger partial charge in [-0.2, -0.15) is 18.3 Å². The van der Waals surface area contributed by atoms with Crippen molar-refractivity contribution in [1.29, 1.82) is 0 Å². The lowest BCUT2D eigenvalue weighted by molar-refractivity contribution is -0.146. The van der Waals surface area contributed by atoms with Crippen LogP contribution in [0.4, 0.5) is 13.2 Å². The number of H-pyrrole nitrogens is 1. The molecule has 0 amide bonds. The molecule has 0 saturated carbocycles. The maximum Gasteiger partial charge on any atom is 0.436 e. The molecule has 0 aliphatic carbocycles. The summed E-state index contributed by atoms with van der Waals surface area (Å²) in [5.74, 6) is -0.737. The first-order chi connectivity index (χ1) is 15.8. The molecule has 1 aromatic carbocycles. The Morgan fingerprint density at radius 2 is 1.88 bits per heavy atom. The second-order valence-electron chi connectivity index (χ2n) is 7.78. The van der Waals surface area contributed by atoms with Crippen LogP contribution in [-0.4, -0.2) is 67.6 Å². The zero-order chi connectivity index (χ0) is 25.3. The monoisotopic (exact) mass is 562 g/mol. The number of nitrogens with zero attached hydrogens (tertiary/aromatic N) is 3. The fourth-order valence-corrected chi connectivity index (χ4v) is 4.49. The molecule has 0 atom stereocenters. The van der Waals surface area contributed by atoms with Crippen LogP contribution in [0.1, 0.15) is 5.69 Å². The van der Waals surface area contributed by atoms with Gasteiger partial charge in [-0.3, -0.25) is 9.48 Å². The summed E-state index contributed by atoms with van der Waals surface area (Å²) in [6.45, 7) is 0.0101. The summed E-state index contributed by atoms with van der Waals surface area (Å²) >= 11 is 2.98. The number of benzene rings is 1. The van der Waals surface area contributed by atoms with Crippen molar-refractivity contribution >= 4 is 31.7 Å². The average Bonchev–Trinajstić information content (AvgIpc) is 3.31. The standard InChI is InChI=1S/C21H22BrF3N4O4S/c1-28(2)9-10-33-17(30)12-29-19(18(22)20(27-29)21(23,24)25)16-8-7-15(26-16)13-5-4-6-14(11-13)34(3,31)32/h4-8,11,26H,9-10,12H2,1-3H3. The number of carbonyl (C=O) groups is 1. The third-order valence-corrected chi connectivity index (χ3v) is 6.62. The van der Waals surface area contributed by atoms with E-state index < -0.39 is 34.2 Å². The molecule has 0 spiro atoms. The van der Waals surface area contributed by atoms with Gasteiger partial charge in [-0.25, -0.2) is 8.42 Å². The number of aromatic amines is 1.